The maximum Gasteiger partial charge on any atom is 0.330 e. The summed E-state index contributed by atoms with van der Waals surface area (Å²) in [5.74, 6) is 0. The molecule has 0 saturated heterocycles. The number of fused-ring (bicyclic) bond motifs is 1. The van der Waals surface area contributed by atoms with Crippen LogP contribution in [-0.2, 0) is 13.6 Å². The fourth-order valence-corrected chi connectivity index (χ4v) is 3.25. The first-order chi connectivity index (χ1) is 12.1. The second kappa shape index (κ2) is 6.40. The van der Waals surface area contributed by atoms with Crippen molar-refractivity contribution in [3.05, 3.63) is 51.9 Å². The smallest absolute Gasteiger partial charge is 0.324 e. The number of aromatic nitrogens is 3. The highest BCUT2D eigenvalue weighted by Gasteiger charge is 2.19. The normalized spacial score (nSPS) is 13.3. The number of imidazole rings is 1. The minimum Gasteiger partial charge on any atom is -0.324 e. The zero-order chi connectivity index (χ0) is 19.2. The first kappa shape index (κ1) is 18.4. The molecule has 0 fully saturated rings. The van der Waals surface area contributed by atoms with E-state index in [4.69, 9.17) is 10.7 Å². The van der Waals surface area contributed by atoms with Crippen LogP contribution in [0.5, 0.6) is 0 Å². The molecule has 5 heteroatoms. The molecule has 0 radical (unpaired) electrons. The Morgan fingerprint density at radius 2 is 1.88 bits per heavy atom. The number of pyridine rings is 1. The third kappa shape index (κ3) is 3.31. The summed E-state index contributed by atoms with van der Waals surface area (Å²) in [7, 11) is 1.78. The molecule has 0 aliphatic rings. The van der Waals surface area contributed by atoms with Crippen molar-refractivity contribution in [3.8, 4) is 11.3 Å². The molecule has 1 atom stereocenters. The molecule has 3 aromatic rings. The molecule has 1 aromatic carbocycles. The van der Waals surface area contributed by atoms with Crippen molar-refractivity contribution < 1.29 is 0 Å². The molecule has 2 N–H and O–H groups in total. The maximum absolute atomic E-state index is 12.7. The van der Waals surface area contributed by atoms with Crippen molar-refractivity contribution in [1.82, 2.24) is 14.1 Å². The Hall–Kier alpha value is -2.40. The van der Waals surface area contributed by atoms with Gasteiger partial charge in [0, 0.05) is 25.2 Å². The van der Waals surface area contributed by atoms with Crippen molar-refractivity contribution in [3.63, 3.8) is 0 Å². The van der Waals surface area contributed by atoms with Crippen LogP contribution in [0.4, 0.5) is 0 Å². The van der Waals surface area contributed by atoms with Gasteiger partial charge in [0.25, 0.3) is 0 Å². The molecule has 138 valence electrons. The van der Waals surface area contributed by atoms with E-state index in [0.29, 0.717) is 12.2 Å². The summed E-state index contributed by atoms with van der Waals surface area (Å²) in [4.78, 5) is 17.5. The van der Waals surface area contributed by atoms with Crippen LogP contribution in [0.3, 0.4) is 0 Å². The van der Waals surface area contributed by atoms with Crippen LogP contribution in [0.25, 0.3) is 22.4 Å². The molecule has 0 aliphatic carbocycles. The van der Waals surface area contributed by atoms with E-state index in [9.17, 15) is 4.79 Å². The summed E-state index contributed by atoms with van der Waals surface area (Å²) in [6.45, 7) is 11.1. The highest BCUT2D eigenvalue weighted by Crippen LogP contribution is 2.27. The quantitative estimate of drug-likeness (QED) is 0.780. The molecule has 0 bridgehead atoms. The molecule has 2 aromatic heterocycles. The molecule has 0 unspecified atom stereocenters. The third-order valence-electron chi connectivity index (χ3n) is 4.68. The van der Waals surface area contributed by atoms with Gasteiger partial charge in [-0.2, -0.15) is 0 Å². The zero-order valence-electron chi connectivity index (χ0n) is 16.5. The second-order valence-corrected chi connectivity index (χ2v) is 8.39. The number of rotatable bonds is 3. The van der Waals surface area contributed by atoms with E-state index in [1.807, 2.05) is 23.6 Å². The van der Waals surface area contributed by atoms with Crippen molar-refractivity contribution >= 4 is 11.2 Å². The average molecular weight is 352 g/mol. The molecule has 26 heavy (non-hydrogen) atoms. The molecule has 3 rings (SSSR count). The lowest BCUT2D eigenvalue weighted by Gasteiger charge is -2.18. The Kier molecular flexibility index (Phi) is 4.53. The molecular weight excluding hydrogens is 324 g/mol. The van der Waals surface area contributed by atoms with Gasteiger partial charge in [-0.3, -0.25) is 9.13 Å². The van der Waals surface area contributed by atoms with Gasteiger partial charge in [0.15, 0.2) is 5.65 Å². The van der Waals surface area contributed by atoms with Gasteiger partial charge in [0.1, 0.15) is 0 Å². The highest BCUT2D eigenvalue weighted by molar-refractivity contribution is 5.77. The number of hydrogen-bond donors (Lipinski definition) is 1. The van der Waals surface area contributed by atoms with Crippen LogP contribution in [0.1, 0.15) is 44.9 Å². The average Bonchev–Trinajstić information content (AvgIpc) is 2.78. The molecule has 5 nitrogen and oxygen atoms in total. The summed E-state index contributed by atoms with van der Waals surface area (Å²) in [5.41, 5.74) is 11.7. The van der Waals surface area contributed by atoms with Crippen LogP contribution in [0.2, 0.25) is 0 Å². The number of benzene rings is 1. The maximum atomic E-state index is 12.7. The second-order valence-electron chi connectivity index (χ2n) is 8.39. The van der Waals surface area contributed by atoms with Crippen LogP contribution in [-0.4, -0.2) is 14.1 Å². The van der Waals surface area contributed by atoms with E-state index in [1.54, 1.807) is 11.6 Å². The summed E-state index contributed by atoms with van der Waals surface area (Å²) < 4.78 is 3.45. The Bertz CT molecular complexity index is 1020. The minimum absolute atomic E-state index is 0.0129. The SMILES string of the molecule is Cc1ccc([C@H](C)N)cc1-c1ccc2c(n1)n(C)c(=O)n2CC(C)(C)C. The summed E-state index contributed by atoms with van der Waals surface area (Å²) >= 11 is 0. The van der Waals surface area contributed by atoms with Gasteiger partial charge in [-0.1, -0.05) is 32.9 Å². The fourth-order valence-electron chi connectivity index (χ4n) is 3.25. The van der Waals surface area contributed by atoms with Crippen LogP contribution in [0, 0.1) is 12.3 Å². The summed E-state index contributed by atoms with van der Waals surface area (Å²) in [5, 5.41) is 0. The van der Waals surface area contributed by atoms with E-state index in [-0.39, 0.29) is 17.1 Å². The predicted molar refractivity (Wildman–Crippen MR) is 107 cm³/mol. The topological polar surface area (TPSA) is 65.8 Å². The van der Waals surface area contributed by atoms with Gasteiger partial charge < -0.3 is 5.73 Å². The Morgan fingerprint density at radius 3 is 2.50 bits per heavy atom. The van der Waals surface area contributed by atoms with Gasteiger partial charge in [-0.15, -0.1) is 0 Å². The number of hydrogen-bond acceptors (Lipinski definition) is 3. The predicted octanol–water partition coefficient (Wildman–Crippen LogP) is 3.78. The standard InChI is InChI=1S/C21H28N4O/c1-13-7-8-15(14(2)22)11-16(13)17-9-10-18-19(23-17)24(6)20(26)25(18)12-21(3,4)5/h7-11,14H,12,22H2,1-6H3/t14-/m0/s1. The largest absolute Gasteiger partial charge is 0.330 e. The van der Waals surface area contributed by atoms with Crippen LogP contribution >= 0.6 is 0 Å². The summed E-state index contributed by atoms with van der Waals surface area (Å²) in [6.07, 6.45) is 0. The van der Waals surface area contributed by atoms with Gasteiger partial charge in [0.2, 0.25) is 0 Å². The molecule has 0 aliphatic heterocycles. The van der Waals surface area contributed by atoms with Crippen molar-refractivity contribution in [2.24, 2.45) is 18.2 Å². The van der Waals surface area contributed by atoms with Crippen LogP contribution < -0.4 is 11.4 Å². The zero-order valence-corrected chi connectivity index (χ0v) is 16.5. The lowest BCUT2D eigenvalue weighted by Crippen LogP contribution is -2.27. The van der Waals surface area contributed by atoms with E-state index in [2.05, 4.69) is 45.9 Å². The van der Waals surface area contributed by atoms with Crippen molar-refractivity contribution in [2.45, 2.75) is 47.2 Å². The number of nitrogens with two attached hydrogens (primary N) is 1. The van der Waals surface area contributed by atoms with E-state index >= 15 is 0 Å². The highest BCUT2D eigenvalue weighted by atomic mass is 16.1. The van der Waals surface area contributed by atoms with E-state index < -0.39 is 0 Å². The monoisotopic (exact) mass is 352 g/mol. The van der Waals surface area contributed by atoms with E-state index in [1.165, 1.54) is 0 Å². The first-order valence-electron chi connectivity index (χ1n) is 9.01. The lowest BCUT2D eigenvalue weighted by atomic mass is 9.97. The third-order valence-corrected chi connectivity index (χ3v) is 4.68. The van der Waals surface area contributed by atoms with Gasteiger partial charge >= 0.3 is 5.69 Å². The molecule has 0 saturated carbocycles. The number of nitrogens with zero attached hydrogens (tertiary/aromatic N) is 3. The van der Waals surface area contributed by atoms with Gasteiger partial charge in [-0.05, 0) is 48.6 Å². The van der Waals surface area contributed by atoms with Gasteiger partial charge in [-0.25, -0.2) is 9.78 Å². The van der Waals surface area contributed by atoms with E-state index in [0.717, 1.165) is 27.9 Å². The van der Waals surface area contributed by atoms with Gasteiger partial charge in [0.05, 0.1) is 11.2 Å². The Balaban J connectivity index is 2.19. The molecule has 2 heterocycles. The molecular formula is C21H28N4O. The fraction of sp³-hybridized carbons (Fsp3) is 0.429. The van der Waals surface area contributed by atoms with Crippen LogP contribution in [0.15, 0.2) is 35.1 Å². The summed E-state index contributed by atoms with van der Waals surface area (Å²) in [6, 6.07) is 10.2. The Labute approximate surface area is 154 Å². The molecule has 0 amide bonds. The Morgan fingerprint density at radius 1 is 1.19 bits per heavy atom. The molecule has 0 spiro atoms. The van der Waals surface area contributed by atoms with Crippen molar-refractivity contribution in [2.75, 3.05) is 0 Å². The number of aryl methyl sites for hydroxylation is 2. The lowest BCUT2D eigenvalue weighted by molar-refractivity contribution is 0.342. The first-order valence-corrected chi connectivity index (χ1v) is 9.01. The van der Waals surface area contributed by atoms with Crippen molar-refractivity contribution in [1.29, 1.82) is 0 Å². The minimum atomic E-state index is -0.0321.